The van der Waals surface area contributed by atoms with Crippen molar-refractivity contribution in [1.82, 2.24) is 20.0 Å². The number of nitrogens with one attached hydrogen (secondary N) is 1. The summed E-state index contributed by atoms with van der Waals surface area (Å²) in [4.78, 5) is 17.4. The van der Waals surface area contributed by atoms with Gasteiger partial charge in [0.15, 0.2) is 0 Å². The van der Waals surface area contributed by atoms with Crippen molar-refractivity contribution in [3.8, 4) is 17.1 Å². The zero-order valence-electron chi connectivity index (χ0n) is 14.9. The van der Waals surface area contributed by atoms with Crippen molar-refractivity contribution in [3.63, 3.8) is 0 Å². The predicted octanol–water partition coefficient (Wildman–Crippen LogP) is 4.32. The molecule has 0 bridgehead atoms. The molecule has 4 rings (SSSR count). The van der Waals surface area contributed by atoms with Gasteiger partial charge >= 0.3 is 0 Å². The summed E-state index contributed by atoms with van der Waals surface area (Å²) in [6, 6.07) is 17.4. The van der Waals surface area contributed by atoms with Gasteiger partial charge in [-0.2, -0.15) is 0 Å². The van der Waals surface area contributed by atoms with E-state index in [1.165, 1.54) is 6.42 Å². The molecule has 1 fully saturated rings. The van der Waals surface area contributed by atoms with E-state index in [2.05, 4.69) is 10.4 Å². The molecule has 1 N–H and O–H groups in total. The summed E-state index contributed by atoms with van der Waals surface area (Å²) in [5.74, 6) is 0.545. The van der Waals surface area contributed by atoms with Gasteiger partial charge in [-0.15, -0.1) is 0 Å². The van der Waals surface area contributed by atoms with Crippen molar-refractivity contribution < 1.29 is 4.79 Å². The molecule has 0 saturated carbocycles. The normalized spacial score (nSPS) is 14.9. The smallest absolute Gasteiger partial charge is 0.285 e. The summed E-state index contributed by atoms with van der Waals surface area (Å²) in [6.45, 7) is 1.77. The van der Waals surface area contributed by atoms with Crippen molar-refractivity contribution in [2.24, 2.45) is 0 Å². The van der Waals surface area contributed by atoms with Crippen LogP contribution in [0, 0.1) is 0 Å². The average Bonchev–Trinajstić information content (AvgIpc) is 3.16. The van der Waals surface area contributed by atoms with E-state index in [0.29, 0.717) is 10.7 Å². The molecule has 0 aliphatic carbocycles. The molecule has 1 amide bonds. The maximum absolute atomic E-state index is 12.7. The van der Waals surface area contributed by atoms with E-state index >= 15 is 0 Å². The highest BCUT2D eigenvalue weighted by Crippen LogP contribution is 2.24. The third kappa shape index (κ3) is 4.04. The number of hydrogen-bond donors (Lipinski definition) is 1. The molecular weight excluding hydrogens is 360 g/mol. The Morgan fingerprint density at radius 1 is 0.963 bits per heavy atom. The van der Waals surface area contributed by atoms with Crippen molar-refractivity contribution in [2.75, 3.05) is 13.1 Å². The van der Waals surface area contributed by atoms with E-state index in [0.717, 1.165) is 43.0 Å². The third-order valence-electron chi connectivity index (χ3n) is 4.69. The molecule has 3 aromatic rings. The predicted molar refractivity (Wildman–Crippen MR) is 107 cm³/mol. The molecule has 1 aliphatic rings. The first-order chi connectivity index (χ1) is 13.2. The SMILES string of the molecule is O=C(NN1CCCCC1)c1cn(-c2ccc(Cl)cc2)c(-c2ccccc2)n1. The summed E-state index contributed by atoms with van der Waals surface area (Å²) in [5.41, 5.74) is 5.24. The van der Waals surface area contributed by atoms with Gasteiger partial charge in [-0.3, -0.25) is 14.8 Å². The van der Waals surface area contributed by atoms with Crippen LogP contribution in [0.3, 0.4) is 0 Å². The molecule has 1 saturated heterocycles. The molecule has 2 heterocycles. The fourth-order valence-electron chi connectivity index (χ4n) is 3.29. The van der Waals surface area contributed by atoms with Gasteiger partial charge in [0.25, 0.3) is 5.91 Å². The number of hydrazine groups is 1. The maximum atomic E-state index is 12.7. The lowest BCUT2D eigenvalue weighted by atomic mass is 10.2. The number of amides is 1. The van der Waals surface area contributed by atoms with Crippen molar-refractivity contribution in [3.05, 3.63) is 71.5 Å². The highest BCUT2D eigenvalue weighted by atomic mass is 35.5. The van der Waals surface area contributed by atoms with Crippen molar-refractivity contribution >= 4 is 17.5 Å². The van der Waals surface area contributed by atoms with E-state index in [1.807, 2.05) is 64.2 Å². The Labute approximate surface area is 163 Å². The van der Waals surface area contributed by atoms with Crippen molar-refractivity contribution in [2.45, 2.75) is 19.3 Å². The number of carbonyl (C=O) groups is 1. The lowest BCUT2D eigenvalue weighted by Crippen LogP contribution is -2.45. The standard InChI is InChI=1S/C21H21ClN4O/c22-17-9-11-18(12-10-17)26-15-19(21(27)24-25-13-5-2-6-14-25)23-20(26)16-7-3-1-4-8-16/h1,3-4,7-12,15H,2,5-6,13-14H2,(H,24,27). The highest BCUT2D eigenvalue weighted by Gasteiger charge is 2.19. The van der Waals surface area contributed by atoms with Gasteiger partial charge in [-0.25, -0.2) is 9.99 Å². The number of aromatic nitrogens is 2. The molecule has 0 radical (unpaired) electrons. The Morgan fingerprint density at radius 3 is 2.37 bits per heavy atom. The zero-order chi connectivity index (χ0) is 18.6. The Hall–Kier alpha value is -2.63. The molecule has 2 aromatic carbocycles. The molecular formula is C21H21ClN4O. The minimum atomic E-state index is -0.179. The summed E-state index contributed by atoms with van der Waals surface area (Å²) in [7, 11) is 0. The number of carbonyl (C=O) groups excluding carboxylic acids is 1. The van der Waals surface area contributed by atoms with Crippen LogP contribution in [0.5, 0.6) is 0 Å². The second-order valence-corrected chi connectivity index (χ2v) is 7.09. The first kappa shape index (κ1) is 17.8. The first-order valence-corrected chi connectivity index (χ1v) is 9.55. The maximum Gasteiger partial charge on any atom is 0.285 e. The van der Waals surface area contributed by atoms with Crippen LogP contribution in [0.25, 0.3) is 17.1 Å². The molecule has 1 aliphatic heterocycles. The van der Waals surface area contributed by atoms with Crippen LogP contribution in [0.4, 0.5) is 0 Å². The molecule has 0 spiro atoms. The zero-order valence-corrected chi connectivity index (χ0v) is 15.7. The van der Waals surface area contributed by atoms with E-state index < -0.39 is 0 Å². The van der Waals surface area contributed by atoms with Gasteiger partial charge in [-0.05, 0) is 37.1 Å². The minimum Gasteiger partial charge on any atom is -0.299 e. The van der Waals surface area contributed by atoms with Crippen LogP contribution in [0.15, 0.2) is 60.8 Å². The molecule has 0 unspecified atom stereocenters. The van der Waals surface area contributed by atoms with E-state index in [4.69, 9.17) is 11.6 Å². The van der Waals surface area contributed by atoms with Crippen LogP contribution < -0.4 is 5.43 Å². The summed E-state index contributed by atoms with van der Waals surface area (Å²) in [5, 5.41) is 2.65. The van der Waals surface area contributed by atoms with Crippen LogP contribution in [0.2, 0.25) is 5.02 Å². The molecule has 5 nitrogen and oxygen atoms in total. The largest absolute Gasteiger partial charge is 0.299 e. The number of halogens is 1. The number of rotatable bonds is 4. The fourth-order valence-corrected chi connectivity index (χ4v) is 3.41. The van der Waals surface area contributed by atoms with E-state index in [1.54, 1.807) is 6.20 Å². The lowest BCUT2D eigenvalue weighted by molar-refractivity contribution is 0.0745. The van der Waals surface area contributed by atoms with Crippen molar-refractivity contribution in [1.29, 1.82) is 0 Å². The van der Waals surface area contributed by atoms with Gasteiger partial charge < -0.3 is 0 Å². The summed E-state index contributed by atoms with van der Waals surface area (Å²) in [6.07, 6.45) is 5.21. The Bertz CT molecular complexity index is 915. The highest BCUT2D eigenvalue weighted by molar-refractivity contribution is 6.30. The van der Waals surface area contributed by atoms with Gasteiger partial charge in [-0.1, -0.05) is 48.4 Å². The van der Waals surface area contributed by atoms with Crippen LogP contribution in [-0.4, -0.2) is 33.6 Å². The van der Waals surface area contributed by atoms with Gasteiger partial charge in [0, 0.05) is 35.6 Å². The fraction of sp³-hybridized carbons (Fsp3) is 0.238. The average molecular weight is 381 g/mol. The van der Waals surface area contributed by atoms with E-state index in [-0.39, 0.29) is 5.91 Å². The Kier molecular flexibility index (Phi) is 5.23. The van der Waals surface area contributed by atoms with E-state index in [9.17, 15) is 4.79 Å². The monoisotopic (exact) mass is 380 g/mol. The number of piperidine rings is 1. The number of imidazole rings is 1. The molecule has 138 valence electrons. The quantitative estimate of drug-likeness (QED) is 0.733. The minimum absolute atomic E-state index is 0.179. The number of benzene rings is 2. The Morgan fingerprint density at radius 2 is 1.67 bits per heavy atom. The summed E-state index contributed by atoms with van der Waals surface area (Å²) >= 11 is 6.03. The second-order valence-electron chi connectivity index (χ2n) is 6.65. The van der Waals surface area contributed by atoms with Crippen LogP contribution >= 0.6 is 11.6 Å². The number of nitrogens with zero attached hydrogens (tertiary/aromatic N) is 3. The Balaban J connectivity index is 1.69. The molecule has 6 heteroatoms. The number of hydrogen-bond acceptors (Lipinski definition) is 3. The molecule has 27 heavy (non-hydrogen) atoms. The van der Waals surface area contributed by atoms with Crippen LogP contribution in [0.1, 0.15) is 29.8 Å². The lowest BCUT2D eigenvalue weighted by Gasteiger charge is -2.26. The molecule has 0 atom stereocenters. The summed E-state index contributed by atoms with van der Waals surface area (Å²) < 4.78 is 1.93. The van der Waals surface area contributed by atoms with Crippen LogP contribution in [-0.2, 0) is 0 Å². The topological polar surface area (TPSA) is 50.2 Å². The second kappa shape index (κ2) is 7.94. The van der Waals surface area contributed by atoms with Gasteiger partial charge in [0.1, 0.15) is 11.5 Å². The third-order valence-corrected chi connectivity index (χ3v) is 4.94. The van der Waals surface area contributed by atoms with Gasteiger partial charge in [0.05, 0.1) is 0 Å². The first-order valence-electron chi connectivity index (χ1n) is 9.17. The van der Waals surface area contributed by atoms with Gasteiger partial charge in [0.2, 0.25) is 0 Å². The molecule has 1 aromatic heterocycles.